The first-order chi connectivity index (χ1) is 13.8. The maximum atomic E-state index is 12.8. The molecule has 3 rings (SSSR count). The molecule has 2 heterocycles. The minimum absolute atomic E-state index is 0.0505. The maximum absolute atomic E-state index is 12.8. The highest BCUT2D eigenvalue weighted by Crippen LogP contribution is 2.25. The van der Waals surface area contributed by atoms with Crippen LogP contribution in [-0.2, 0) is 19.6 Å². The number of piperidine rings is 1. The van der Waals surface area contributed by atoms with Crippen molar-refractivity contribution in [2.75, 3.05) is 18.5 Å². The molecule has 0 spiro atoms. The van der Waals surface area contributed by atoms with Gasteiger partial charge in [0.15, 0.2) is 12.4 Å². The molecule has 1 aromatic carbocycles. The SMILES string of the molecule is Cc1cc(NC(=O)COC(=O)c2ccc(S(=O)(=O)N3CCCC[C@H]3C)cc2)no1. The minimum Gasteiger partial charge on any atom is -0.452 e. The van der Waals surface area contributed by atoms with E-state index in [2.05, 4.69) is 10.5 Å². The molecular weight excluding hydrogens is 398 g/mol. The Labute approximate surface area is 169 Å². The first kappa shape index (κ1) is 21.0. The van der Waals surface area contributed by atoms with Crippen molar-refractivity contribution in [3.63, 3.8) is 0 Å². The number of esters is 1. The molecule has 0 unspecified atom stereocenters. The van der Waals surface area contributed by atoms with Gasteiger partial charge in [-0.3, -0.25) is 4.79 Å². The van der Waals surface area contributed by atoms with E-state index in [-0.39, 0.29) is 22.3 Å². The van der Waals surface area contributed by atoms with Crippen LogP contribution in [0.3, 0.4) is 0 Å². The van der Waals surface area contributed by atoms with Crippen molar-refractivity contribution in [2.45, 2.75) is 44.0 Å². The Kier molecular flexibility index (Phi) is 6.33. The van der Waals surface area contributed by atoms with Gasteiger partial charge in [0.1, 0.15) is 5.76 Å². The fraction of sp³-hybridized carbons (Fsp3) is 0.421. The highest BCUT2D eigenvalue weighted by atomic mass is 32.2. The Morgan fingerprint density at radius 1 is 1.28 bits per heavy atom. The topological polar surface area (TPSA) is 119 Å². The van der Waals surface area contributed by atoms with Crippen molar-refractivity contribution in [1.29, 1.82) is 0 Å². The number of carbonyl (C=O) groups excluding carboxylic acids is 2. The van der Waals surface area contributed by atoms with E-state index in [0.29, 0.717) is 12.3 Å². The number of anilines is 1. The largest absolute Gasteiger partial charge is 0.452 e. The van der Waals surface area contributed by atoms with Crippen LogP contribution in [0.5, 0.6) is 0 Å². The van der Waals surface area contributed by atoms with Crippen LogP contribution in [0.4, 0.5) is 5.82 Å². The molecule has 2 aromatic rings. The number of aryl methyl sites for hydroxylation is 1. The van der Waals surface area contributed by atoms with Gasteiger partial charge in [0.05, 0.1) is 10.5 Å². The van der Waals surface area contributed by atoms with Gasteiger partial charge in [-0.25, -0.2) is 13.2 Å². The number of benzene rings is 1. The molecule has 1 aliphatic heterocycles. The zero-order chi connectivity index (χ0) is 21.0. The van der Waals surface area contributed by atoms with E-state index >= 15 is 0 Å². The predicted molar refractivity (Wildman–Crippen MR) is 104 cm³/mol. The fourth-order valence-electron chi connectivity index (χ4n) is 3.15. The summed E-state index contributed by atoms with van der Waals surface area (Å²) in [6.07, 6.45) is 2.69. The highest BCUT2D eigenvalue weighted by molar-refractivity contribution is 7.89. The van der Waals surface area contributed by atoms with Crippen LogP contribution in [0.15, 0.2) is 39.8 Å². The second kappa shape index (κ2) is 8.75. The van der Waals surface area contributed by atoms with Gasteiger partial charge in [-0.2, -0.15) is 4.31 Å². The number of rotatable bonds is 6. The fourth-order valence-corrected chi connectivity index (χ4v) is 4.85. The minimum atomic E-state index is -3.61. The standard InChI is InChI=1S/C19H23N3O6S/c1-13-5-3-4-10-22(13)29(25,26)16-8-6-15(7-9-16)19(24)27-12-18(23)20-17-11-14(2)28-21-17/h6-9,11,13H,3-5,10,12H2,1-2H3,(H,20,21,23)/t13-/m1/s1. The molecule has 29 heavy (non-hydrogen) atoms. The Hall–Kier alpha value is -2.72. The van der Waals surface area contributed by atoms with Crippen LogP contribution in [0.25, 0.3) is 0 Å². The number of amides is 1. The predicted octanol–water partition coefficient (Wildman–Crippen LogP) is 2.34. The first-order valence-electron chi connectivity index (χ1n) is 9.29. The number of sulfonamides is 1. The molecule has 0 radical (unpaired) electrons. The highest BCUT2D eigenvalue weighted by Gasteiger charge is 2.31. The van der Waals surface area contributed by atoms with Crippen molar-refractivity contribution in [1.82, 2.24) is 9.46 Å². The molecule has 10 heteroatoms. The van der Waals surface area contributed by atoms with E-state index in [0.717, 1.165) is 19.3 Å². The molecule has 1 aromatic heterocycles. The van der Waals surface area contributed by atoms with E-state index in [1.165, 1.54) is 34.6 Å². The van der Waals surface area contributed by atoms with Crippen molar-refractivity contribution in [2.24, 2.45) is 0 Å². The van der Waals surface area contributed by atoms with E-state index < -0.39 is 28.5 Å². The molecule has 0 saturated carbocycles. The summed E-state index contributed by atoms with van der Waals surface area (Å²) in [7, 11) is -3.61. The zero-order valence-electron chi connectivity index (χ0n) is 16.3. The number of ether oxygens (including phenoxy) is 1. The summed E-state index contributed by atoms with van der Waals surface area (Å²) in [4.78, 5) is 24.0. The average molecular weight is 421 g/mol. The number of nitrogens with zero attached hydrogens (tertiary/aromatic N) is 2. The lowest BCUT2D eigenvalue weighted by Crippen LogP contribution is -2.41. The monoisotopic (exact) mass is 421 g/mol. The van der Waals surface area contributed by atoms with Crippen LogP contribution in [0.1, 0.15) is 42.3 Å². The third-order valence-corrected chi connectivity index (χ3v) is 6.70. The summed E-state index contributed by atoms with van der Waals surface area (Å²) in [5, 5.41) is 6.04. The molecule has 1 aliphatic rings. The van der Waals surface area contributed by atoms with Crippen LogP contribution < -0.4 is 5.32 Å². The lowest BCUT2D eigenvalue weighted by Gasteiger charge is -2.32. The van der Waals surface area contributed by atoms with Crippen LogP contribution >= 0.6 is 0 Å². The second-order valence-electron chi connectivity index (χ2n) is 6.93. The average Bonchev–Trinajstić information content (AvgIpc) is 3.11. The molecule has 1 fully saturated rings. The Morgan fingerprint density at radius 3 is 2.62 bits per heavy atom. The van der Waals surface area contributed by atoms with Gasteiger partial charge in [0.2, 0.25) is 10.0 Å². The first-order valence-corrected chi connectivity index (χ1v) is 10.7. The van der Waals surface area contributed by atoms with Crippen molar-refractivity contribution in [3.8, 4) is 0 Å². The van der Waals surface area contributed by atoms with Gasteiger partial charge in [-0.1, -0.05) is 11.6 Å². The molecule has 1 saturated heterocycles. The number of carbonyl (C=O) groups is 2. The molecule has 0 aliphatic carbocycles. The summed E-state index contributed by atoms with van der Waals surface area (Å²) >= 11 is 0. The van der Waals surface area contributed by atoms with E-state index in [4.69, 9.17) is 9.26 Å². The Balaban J connectivity index is 1.59. The van der Waals surface area contributed by atoms with Crippen molar-refractivity contribution in [3.05, 3.63) is 41.7 Å². The van der Waals surface area contributed by atoms with Gasteiger partial charge < -0.3 is 14.6 Å². The molecule has 0 bridgehead atoms. The van der Waals surface area contributed by atoms with Crippen LogP contribution in [0.2, 0.25) is 0 Å². The molecule has 1 N–H and O–H groups in total. The lowest BCUT2D eigenvalue weighted by atomic mass is 10.1. The Bertz CT molecular complexity index is 984. The van der Waals surface area contributed by atoms with Gasteiger partial charge >= 0.3 is 5.97 Å². The van der Waals surface area contributed by atoms with E-state index in [1.54, 1.807) is 6.92 Å². The summed E-state index contributed by atoms with van der Waals surface area (Å²) in [6, 6.07) is 7.00. The van der Waals surface area contributed by atoms with Gasteiger partial charge in [-0.15, -0.1) is 0 Å². The summed E-state index contributed by atoms with van der Waals surface area (Å²) in [5.41, 5.74) is 0.153. The van der Waals surface area contributed by atoms with E-state index in [1.807, 2.05) is 6.92 Å². The second-order valence-corrected chi connectivity index (χ2v) is 8.82. The summed E-state index contributed by atoms with van der Waals surface area (Å²) < 4.78 is 36.9. The smallest absolute Gasteiger partial charge is 0.338 e. The van der Waals surface area contributed by atoms with Crippen molar-refractivity contribution < 1.29 is 27.3 Å². The van der Waals surface area contributed by atoms with Gasteiger partial charge in [0.25, 0.3) is 5.91 Å². The molecule has 9 nitrogen and oxygen atoms in total. The number of hydrogen-bond donors (Lipinski definition) is 1. The van der Waals surface area contributed by atoms with Gasteiger partial charge in [0, 0.05) is 18.7 Å². The van der Waals surface area contributed by atoms with E-state index in [9.17, 15) is 18.0 Å². The maximum Gasteiger partial charge on any atom is 0.338 e. The zero-order valence-corrected chi connectivity index (χ0v) is 17.1. The normalized spacial score (nSPS) is 17.7. The number of aromatic nitrogens is 1. The number of hydrogen-bond acceptors (Lipinski definition) is 7. The molecule has 1 atom stereocenters. The molecular formula is C19H23N3O6S. The molecule has 156 valence electrons. The van der Waals surface area contributed by atoms with Gasteiger partial charge in [-0.05, 0) is 51.0 Å². The van der Waals surface area contributed by atoms with Crippen LogP contribution in [-0.4, -0.2) is 48.9 Å². The third kappa shape index (κ3) is 5.01. The van der Waals surface area contributed by atoms with Crippen LogP contribution in [0, 0.1) is 6.92 Å². The van der Waals surface area contributed by atoms with Crippen molar-refractivity contribution >= 4 is 27.7 Å². The summed E-state index contributed by atoms with van der Waals surface area (Å²) in [5.74, 6) is -0.534. The Morgan fingerprint density at radius 2 is 2.00 bits per heavy atom. The molecule has 1 amide bonds. The lowest BCUT2D eigenvalue weighted by molar-refractivity contribution is -0.119. The number of nitrogens with one attached hydrogen (secondary N) is 1. The third-order valence-electron chi connectivity index (χ3n) is 4.67. The quantitative estimate of drug-likeness (QED) is 0.711. The summed E-state index contributed by atoms with van der Waals surface area (Å²) in [6.45, 7) is 3.57.